The Balaban J connectivity index is 1.96. The first-order valence-electron chi connectivity index (χ1n) is 8.25. The standard InChI is InChI=1S/C20H21NO3/c1-21(13-14-7-6-8-14)19(22)17-11-4-2-9-15(17)16-10-3-5-12-18(16)20(23)24/h2-5,9-12,14H,6-8,13H2,1H3,(H,23,24). The van der Waals surface area contributed by atoms with Crippen LogP contribution in [0.1, 0.15) is 40.0 Å². The summed E-state index contributed by atoms with van der Waals surface area (Å²) in [5.74, 6) is -0.453. The summed E-state index contributed by atoms with van der Waals surface area (Å²) in [4.78, 5) is 26.1. The van der Waals surface area contributed by atoms with Crippen LogP contribution >= 0.6 is 0 Å². The van der Waals surface area contributed by atoms with Gasteiger partial charge < -0.3 is 10.0 Å². The fourth-order valence-corrected chi connectivity index (χ4v) is 3.16. The molecule has 4 nitrogen and oxygen atoms in total. The van der Waals surface area contributed by atoms with Gasteiger partial charge >= 0.3 is 5.97 Å². The van der Waals surface area contributed by atoms with Crippen molar-refractivity contribution < 1.29 is 14.7 Å². The van der Waals surface area contributed by atoms with Gasteiger partial charge in [-0.15, -0.1) is 0 Å². The molecule has 2 aromatic rings. The molecule has 0 aliphatic heterocycles. The fraction of sp³-hybridized carbons (Fsp3) is 0.300. The molecule has 1 aliphatic rings. The molecule has 0 spiro atoms. The highest BCUT2D eigenvalue weighted by molar-refractivity contribution is 6.04. The lowest BCUT2D eigenvalue weighted by Crippen LogP contribution is -2.34. The van der Waals surface area contributed by atoms with Crippen LogP contribution in [0.4, 0.5) is 0 Å². The molecule has 1 saturated carbocycles. The number of amides is 1. The van der Waals surface area contributed by atoms with Crippen molar-refractivity contribution in [1.82, 2.24) is 4.90 Å². The molecule has 0 heterocycles. The number of benzene rings is 2. The van der Waals surface area contributed by atoms with E-state index in [2.05, 4.69) is 0 Å². The maximum absolute atomic E-state index is 12.9. The summed E-state index contributed by atoms with van der Waals surface area (Å²) in [6.45, 7) is 0.758. The summed E-state index contributed by atoms with van der Waals surface area (Å²) in [5, 5.41) is 9.43. The maximum atomic E-state index is 12.9. The Bertz CT molecular complexity index is 765. The van der Waals surface area contributed by atoms with Crippen molar-refractivity contribution in [1.29, 1.82) is 0 Å². The number of hydrogen-bond acceptors (Lipinski definition) is 2. The number of aromatic carboxylic acids is 1. The molecule has 1 aliphatic carbocycles. The van der Waals surface area contributed by atoms with E-state index in [4.69, 9.17) is 0 Å². The third-order valence-corrected chi connectivity index (χ3v) is 4.71. The van der Waals surface area contributed by atoms with Crippen molar-refractivity contribution in [2.45, 2.75) is 19.3 Å². The zero-order chi connectivity index (χ0) is 17.1. The Morgan fingerprint density at radius 1 is 1.00 bits per heavy atom. The average Bonchev–Trinajstić information content (AvgIpc) is 2.57. The lowest BCUT2D eigenvalue weighted by molar-refractivity contribution is 0.0695. The number of carbonyl (C=O) groups excluding carboxylic acids is 1. The number of hydrogen-bond donors (Lipinski definition) is 1. The van der Waals surface area contributed by atoms with E-state index in [1.807, 2.05) is 25.2 Å². The molecule has 3 rings (SSSR count). The van der Waals surface area contributed by atoms with Crippen molar-refractivity contribution in [3.05, 3.63) is 59.7 Å². The Morgan fingerprint density at radius 3 is 2.08 bits per heavy atom. The van der Waals surface area contributed by atoms with Crippen molar-refractivity contribution in [2.24, 2.45) is 5.92 Å². The molecule has 1 N–H and O–H groups in total. The zero-order valence-electron chi connectivity index (χ0n) is 13.7. The highest BCUT2D eigenvalue weighted by Gasteiger charge is 2.24. The number of rotatable bonds is 5. The Labute approximate surface area is 141 Å². The van der Waals surface area contributed by atoms with E-state index >= 15 is 0 Å². The van der Waals surface area contributed by atoms with Gasteiger partial charge in [0, 0.05) is 19.2 Å². The van der Waals surface area contributed by atoms with E-state index in [9.17, 15) is 14.7 Å². The number of nitrogens with zero attached hydrogens (tertiary/aromatic N) is 1. The predicted octanol–water partition coefficient (Wildman–Crippen LogP) is 3.92. The Morgan fingerprint density at radius 2 is 1.54 bits per heavy atom. The molecule has 0 radical (unpaired) electrons. The molecule has 2 aromatic carbocycles. The summed E-state index contributed by atoms with van der Waals surface area (Å²) in [5.41, 5.74) is 2.00. The first-order chi connectivity index (χ1) is 11.6. The van der Waals surface area contributed by atoms with Crippen LogP contribution < -0.4 is 0 Å². The van der Waals surface area contributed by atoms with E-state index in [-0.39, 0.29) is 11.5 Å². The van der Waals surface area contributed by atoms with Gasteiger partial charge in [0.15, 0.2) is 0 Å². The topological polar surface area (TPSA) is 57.6 Å². The monoisotopic (exact) mass is 323 g/mol. The Hall–Kier alpha value is -2.62. The van der Waals surface area contributed by atoms with Gasteiger partial charge in [0.25, 0.3) is 5.91 Å². The van der Waals surface area contributed by atoms with Gasteiger partial charge in [0.1, 0.15) is 0 Å². The lowest BCUT2D eigenvalue weighted by atomic mass is 9.85. The summed E-state index contributed by atoms with van der Waals surface area (Å²) in [7, 11) is 1.82. The second-order valence-corrected chi connectivity index (χ2v) is 6.38. The van der Waals surface area contributed by atoms with Crippen LogP contribution in [0.2, 0.25) is 0 Å². The zero-order valence-corrected chi connectivity index (χ0v) is 13.7. The van der Waals surface area contributed by atoms with E-state index in [0.29, 0.717) is 22.6 Å². The first kappa shape index (κ1) is 16.2. The smallest absolute Gasteiger partial charge is 0.336 e. The van der Waals surface area contributed by atoms with Crippen molar-refractivity contribution >= 4 is 11.9 Å². The van der Waals surface area contributed by atoms with Crippen LogP contribution in [0.3, 0.4) is 0 Å². The molecule has 0 aromatic heterocycles. The van der Waals surface area contributed by atoms with Crippen molar-refractivity contribution in [3.63, 3.8) is 0 Å². The van der Waals surface area contributed by atoms with Crippen LogP contribution in [0, 0.1) is 5.92 Å². The highest BCUT2D eigenvalue weighted by atomic mass is 16.4. The van der Waals surface area contributed by atoms with E-state index in [1.165, 1.54) is 19.3 Å². The third-order valence-electron chi connectivity index (χ3n) is 4.71. The molecule has 1 amide bonds. The van der Waals surface area contributed by atoms with Crippen LogP contribution in [0.5, 0.6) is 0 Å². The fourth-order valence-electron chi connectivity index (χ4n) is 3.16. The van der Waals surface area contributed by atoms with Crippen molar-refractivity contribution in [3.8, 4) is 11.1 Å². The van der Waals surface area contributed by atoms with E-state index in [1.54, 1.807) is 35.2 Å². The molecule has 0 bridgehead atoms. The highest BCUT2D eigenvalue weighted by Crippen LogP contribution is 2.30. The summed E-state index contributed by atoms with van der Waals surface area (Å²) in [6.07, 6.45) is 3.61. The third kappa shape index (κ3) is 3.18. The van der Waals surface area contributed by atoms with Crippen LogP contribution in [-0.2, 0) is 0 Å². The van der Waals surface area contributed by atoms with Crippen LogP contribution in [0.15, 0.2) is 48.5 Å². The quantitative estimate of drug-likeness (QED) is 0.907. The number of carboxylic acid groups (broad SMARTS) is 1. The van der Waals surface area contributed by atoms with E-state index in [0.717, 1.165) is 6.54 Å². The summed E-state index contributed by atoms with van der Waals surface area (Å²) >= 11 is 0. The SMILES string of the molecule is CN(CC1CCC1)C(=O)c1ccccc1-c1ccccc1C(=O)O. The lowest BCUT2D eigenvalue weighted by Gasteiger charge is -2.30. The molecule has 24 heavy (non-hydrogen) atoms. The molecule has 4 heteroatoms. The van der Waals surface area contributed by atoms with Gasteiger partial charge in [0.2, 0.25) is 0 Å². The Kier molecular flexibility index (Phi) is 4.65. The molecule has 124 valence electrons. The minimum Gasteiger partial charge on any atom is -0.478 e. The molecular formula is C20H21NO3. The van der Waals surface area contributed by atoms with E-state index < -0.39 is 5.97 Å². The van der Waals surface area contributed by atoms with Gasteiger partial charge in [-0.05, 0) is 42.0 Å². The molecular weight excluding hydrogens is 302 g/mol. The summed E-state index contributed by atoms with van der Waals surface area (Å²) in [6, 6.07) is 14.0. The van der Waals surface area contributed by atoms with Gasteiger partial charge in [-0.1, -0.05) is 42.8 Å². The minimum atomic E-state index is -0.990. The molecule has 0 atom stereocenters. The van der Waals surface area contributed by atoms with Crippen molar-refractivity contribution in [2.75, 3.05) is 13.6 Å². The predicted molar refractivity (Wildman–Crippen MR) is 93.1 cm³/mol. The molecule has 0 saturated heterocycles. The largest absolute Gasteiger partial charge is 0.478 e. The number of carbonyl (C=O) groups is 2. The average molecular weight is 323 g/mol. The van der Waals surface area contributed by atoms with Crippen LogP contribution in [-0.4, -0.2) is 35.5 Å². The normalized spacial score (nSPS) is 14.0. The second-order valence-electron chi connectivity index (χ2n) is 6.38. The van der Waals surface area contributed by atoms with Gasteiger partial charge in [-0.25, -0.2) is 4.79 Å². The number of carboxylic acids is 1. The maximum Gasteiger partial charge on any atom is 0.336 e. The van der Waals surface area contributed by atoms with Gasteiger partial charge in [-0.2, -0.15) is 0 Å². The molecule has 0 unspecified atom stereocenters. The first-order valence-corrected chi connectivity index (χ1v) is 8.25. The van der Waals surface area contributed by atoms with Gasteiger partial charge in [0.05, 0.1) is 5.56 Å². The minimum absolute atomic E-state index is 0.0577. The molecule has 1 fully saturated rings. The van der Waals surface area contributed by atoms with Crippen LogP contribution in [0.25, 0.3) is 11.1 Å². The van der Waals surface area contributed by atoms with Gasteiger partial charge in [-0.3, -0.25) is 4.79 Å². The summed E-state index contributed by atoms with van der Waals surface area (Å²) < 4.78 is 0. The second kappa shape index (κ2) is 6.87.